The van der Waals surface area contributed by atoms with Gasteiger partial charge in [0.05, 0.1) is 23.1 Å². The van der Waals surface area contributed by atoms with Crippen LogP contribution in [-0.2, 0) is 16.4 Å². The standard InChI is InChI=1S/C22H25ClN2O5S/c1-3-24(4-2)31(27,28)17-6-7-19-15(12-17)8-9-25(19)22(26)16-13-18(23)21-20(14-16)29-10-5-11-30-21/h6-7,12-14H,3-5,8-11H2,1-2H3. The summed E-state index contributed by atoms with van der Waals surface area (Å²) in [6, 6.07) is 8.21. The van der Waals surface area contributed by atoms with Crippen molar-refractivity contribution in [2.24, 2.45) is 0 Å². The van der Waals surface area contributed by atoms with Crippen molar-refractivity contribution in [2.75, 3.05) is 37.7 Å². The molecule has 2 aliphatic rings. The van der Waals surface area contributed by atoms with E-state index in [2.05, 4.69) is 0 Å². The minimum atomic E-state index is -3.55. The molecular formula is C22H25ClN2O5S. The summed E-state index contributed by atoms with van der Waals surface area (Å²) in [7, 11) is -3.55. The number of hydrogen-bond donors (Lipinski definition) is 0. The zero-order chi connectivity index (χ0) is 22.2. The number of ether oxygens (including phenoxy) is 2. The highest BCUT2D eigenvalue weighted by Gasteiger charge is 2.30. The van der Waals surface area contributed by atoms with E-state index < -0.39 is 10.0 Å². The van der Waals surface area contributed by atoms with Gasteiger partial charge in [-0.1, -0.05) is 25.4 Å². The van der Waals surface area contributed by atoms with Crippen LogP contribution in [0.3, 0.4) is 0 Å². The fraction of sp³-hybridized carbons (Fsp3) is 0.409. The summed E-state index contributed by atoms with van der Waals surface area (Å²) in [5.41, 5.74) is 1.95. The van der Waals surface area contributed by atoms with Crippen LogP contribution in [0.25, 0.3) is 0 Å². The molecule has 0 aromatic heterocycles. The van der Waals surface area contributed by atoms with E-state index in [0.29, 0.717) is 67.0 Å². The summed E-state index contributed by atoms with van der Waals surface area (Å²) in [6.45, 7) is 5.92. The Hall–Kier alpha value is -2.29. The summed E-state index contributed by atoms with van der Waals surface area (Å²) in [5.74, 6) is 0.716. The van der Waals surface area contributed by atoms with Gasteiger partial charge in [0, 0.05) is 37.3 Å². The van der Waals surface area contributed by atoms with Crippen LogP contribution in [0.5, 0.6) is 11.5 Å². The van der Waals surface area contributed by atoms with Gasteiger partial charge >= 0.3 is 0 Å². The van der Waals surface area contributed by atoms with Gasteiger partial charge in [0.1, 0.15) is 0 Å². The maximum Gasteiger partial charge on any atom is 0.258 e. The SMILES string of the molecule is CCN(CC)S(=O)(=O)c1ccc2c(c1)CCN2C(=O)c1cc(Cl)c2c(c1)OCCCO2. The summed E-state index contributed by atoms with van der Waals surface area (Å²) in [6.07, 6.45) is 1.33. The third-order valence-corrected chi connectivity index (χ3v) is 7.91. The van der Waals surface area contributed by atoms with Crippen molar-refractivity contribution < 1.29 is 22.7 Å². The minimum absolute atomic E-state index is 0.212. The van der Waals surface area contributed by atoms with E-state index in [1.165, 1.54) is 4.31 Å². The lowest BCUT2D eigenvalue weighted by molar-refractivity contribution is 0.0989. The van der Waals surface area contributed by atoms with Gasteiger partial charge in [0.15, 0.2) is 11.5 Å². The number of rotatable bonds is 5. The average molecular weight is 465 g/mol. The highest BCUT2D eigenvalue weighted by Crippen LogP contribution is 2.39. The second-order valence-electron chi connectivity index (χ2n) is 7.42. The van der Waals surface area contributed by atoms with E-state index >= 15 is 0 Å². The van der Waals surface area contributed by atoms with Crippen LogP contribution >= 0.6 is 11.6 Å². The molecule has 0 atom stereocenters. The first-order valence-electron chi connectivity index (χ1n) is 10.4. The third kappa shape index (κ3) is 4.00. The molecule has 0 saturated carbocycles. The van der Waals surface area contributed by atoms with E-state index in [0.717, 1.165) is 12.0 Å². The number of benzene rings is 2. The Kier molecular flexibility index (Phi) is 6.14. The van der Waals surface area contributed by atoms with Crippen molar-refractivity contribution in [2.45, 2.75) is 31.6 Å². The molecule has 166 valence electrons. The van der Waals surface area contributed by atoms with Crippen molar-refractivity contribution in [3.05, 3.63) is 46.5 Å². The van der Waals surface area contributed by atoms with Crippen LogP contribution < -0.4 is 14.4 Å². The molecule has 0 bridgehead atoms. The first kappa shape index (κ1) is 21.9. The van der Waals surface area contributed by atoms with Crippen molar-refractivity contribution in [1.82, 2.24) is 4.31 Å². The number of sulfonamides is 1. The van der Waals surface area contributed by atoms with Crippen LogP contribution in [0.4, 0.5) is 5.69 Å². The smallest absolute Gasteiger partial charge is 0.258 e. The number of anilines is 1. The quantitative estimate of drug-likeness (QED) is 0.673. The molecule has 0 saturated heterocycles. The number of nitrogens with zero attached hydrogens (tertiary/aromatic N) is 2. The predicted octanol–water partition coefficient (Wildman–Crippen LogP) is 3.73. The molecule has 0 spiro atoms. The first-order chi connectivity index (χ1) is 14.9. The van der Waals surface area contributed by atoms with Gasteiger partial charge < -0.3 is 14.4 Å². The highest BCUT2D eigenvalue weighted by molar-refractivity contribution is 7.89. The van der Waals surface area contributed by atoms with E-state index in [1.807, 2.05) is 13.8 Å². The van der Waals surface area contributed by atoms with Gasteiger partial charge in [-0.15, -0.1) is 0 Å². The molecule has 0 unspecified atom stereocenters. The Bertz CT molecular complexity index is 1120. The minimum Gasteiger partial charge on any atom is -0.489 e. The van der Waals surface area contributed by atoms with Gasteiger partial charge in [-0.05, 0) is 42.3 Å². The van der Waals surface area contributed by atoms with Crippen molar-refractivity contribution in [3.8, 4) is 11.5 Å². The molecule has 9 heteroatoms. The second-order valence-corrected chi connectivity index (χ2v) is 9.77. The second kappa shape index (κ2) is 8.68. The largest absolute Gasteiger partial charge is 0.489 e. The Morgan fingerprint density at radius 1 is 1.13 bits per heavy atom. The van der Waals surface area contributed by atoms with Crippen molar-refractivity contribution in [1.29, 1.82) is 0 Å². The zero-order valence-electron chi connectivity index (χ0n) is 17.6. The van der Waals surface area contributed by atoms with Gasteiger partial charge in [0.2, 0.25) is 10.0 Å². The van der Waals surface area contributed by atoms with Crippen molar-refractivity contribution >= 4 is 33.2 Å². The molecule has 0 N–H and O–H groups in total. The fourth-order valence-electron chi connectivity index (χ4n) is 3.97. The number of halogens is 1. The third-order valence-electron chi connectivity index (χ3n) is 5.58. The predicted molar refractivity (Wildman–Crippen MR) is 119 cm³/mol. The van der Waals surface area contributed by atoms with Crippen LogP contribution in [0.2, 0.25) is 5.02 Å². The zero-order valence-corrected chi connectivity index (χ0v) is 19.1. The number of hydrogen-bond acceptors (Lipinski definition) is 5. The molecule has 2 aromatic carbocycles. The first-order valence-corrected chi connectivity index (χ1v) is 12.2. The monoisotopic (exact) mass is 464 g/mol. The Balaban J connectivity index is 1.64. The maximum absolute atomic E-state index is 13.3. The van der Waals surface area contributed by atoms with E-state index in [1.54, 1.807) is 35.2 Å². The van der Waals surface area contributed by atoms with Gasteiger partial charge in [0.25, 0.3) is 5.91 Å². The topological polar surface area (TPSA) is 76.2 Å². The van der Waals surface area contributed by atoms with E-state index in [4.69, 9.17) is 21.1 Å². The van der Waals surface area contributed by atoms with E-state index in [9.17, 15) is 13.2 Å². The van der Waals surface area contributed by atoms with E-state index in [-0.39, 0.29) is 10.8 Å². The molecule has 0 radical (unpaired) electrons. The van der Waals surface area contributed by atoms with Crippen LogP contribution in [-0.4, -0.2) is 51.5 Å². The molecular weight excluding hydrogens is 440 g/mol. The molecule has 0 aliphatic carbocycles. The van der Waals surface area contributed by atoms with Crippen LogP contribution in [0, 0.1) is 0 Å². The summed E-state index contributed by atoms with van der Waals surface area (Å²) < 4.78 is 38.4. The lowest BCUT2D eigenvalue weighted by atomic mass is 10.1. The molecule has 31 heavy (non-hydrogen) atoms. The van der Waals surface area contributed by atoms with Gasteiger partial charge in [-0.2, -0.15) is 4.31 Å². The van der Waals surface area contributed by atoms with Gasteiger partial charge in [-0.25, -0.2) is 8.42 Å². The number of amides is 1. The van der Waals surface area contributed by atoms with Gasteiger partial charge in [-0.3, -0.25) is 4.79 Å². The summed E-state index contributed by atoms with van der Waals surface area (Å²) in [5, 5.41) is 0.336. The molecule has 2 heterocycles. The van der Waals surface area contributed by atoms with Crippen LogP contribution in [0.1, 0.15) is 36.2 Å². The number of fused-ring (bicyclic) bond motifs is 2. The normalized spacial score (nSPS) is 15.7. The molecule has 2 aromatic rings. The Labute approximate surface area is 187 Å². The molecule has 0 fully saturated rings. The lowest BCUT2D eigenvalue weighted by Gasteiger charge is -2.21. The lowest BCUT2D eigenvalue weighted by Crippen LogP contribution is -2.30. The molecule has 2 aliphatic heterocycles. The Morgan fingerprint density at radius 3 is 2.61 bits per heavy atom. The number of carbonyl (C=O) groups is 1. The average Bonchev–Trinajstić information content (AvgIpc) is 3.02. The summed E-state index contributed by atoms with van der Waals surface area (Å²) >= 11 is 6.35. The maximum atomic E-state index is 13.3. The number of carbonyl (C=O) groups excluding carboxylic acids is 1. The van der Waals surface area contributed by atoms with Crippen LogP contribution in [0.15, 0.2) is 35.2 Å². The Morgan fingerprint density at radius 2 is 1.87 bits per heavy atom. The molecule has 4 rings (SSSR count). The molecule has 7 nitrogen and oxygen atoms in total. The van der Waals surface area contributed by atoms with Crippen molar-refractivity contribution in [3.63, 3.8) is 0 Å². The fourth-order valence-corrected chi connectivity index (χ4v) is 5.75. The summed E-state index contributed by atoms with van der Waals surface area (Å²) in [4.78, 5) is 15.2. The highest BCUT2D eigenvalue weighted by atomic mass is 35.5. The molecule has 1 amide bonds.